The number of rotatable bonds is 4. The number of pyridine rings is 1. The van der Waals surface area contributed by atoms with Crippen LogP contribution in [0.4, 0.5) is 0 Å². The topological polar surface area (TPSA) is 80.5 Å². The molecular weight excluding hydrogens is 356 g/mol. The molecule has 0 saturated heterocycles. The van der Waals surface area contributed by atoms with Crippen molar-refractivity contribution >= 4 is 5.91 Å². The van der Waals surface area contributed by atoms with Crippen molar-refractivity contribution in [2.24, 2.45) is 0 Å². The number of aromatic hydroxyl groups is 1. The number of benzene rings is 1. The summed E-state index contributed by atoms with van der Waals surface area (Å²) in [6.07, 6.45) is 7.57. The van der Waals surface area contributed by atoms with Crippen molar-refractivity contribution in [2.75, 3.05) is 13.2 Å². The van der Waals surface area contributed by atoms with Crippen LogP contribution in [0.1, 0.15) is 24.9 Å². The summed E-state index contributed by atoms with van der Waals surface area (Å²) in [6.45, 7) is 3.12. The number of phenols is 1. The lowest BCUT2D eigenvalue weighted by molar-refractivity contribution is -0.136. The normalized spacial score (nSPS) is 14.7. The largest absolute Gasteiger partial charge is 0.504 e. The van der Waals surface area contributed by atoms with Crippen LogP contribution >= 0.6 is 0 Å². The molecule has 28 heavy (non-hydrogen) atoms. The molecule has 1 N–H and O–H groups in total. The Hall–Kier alpha value is -3.35. The van der Waals surface area contributed by atoms with Gasteiger partial charge >= 0.3 is 0 Å². The lowest BCUT2D eigenvalue weighted by Crippen LogP contribution is -2.38. The summed E-state index contributed by atoms with van der Waals surface area (Å²) >= 11 is 0. The predicted molar refractivity (Wildman–Crippen MR) is 104 cm³/mol. The number of ether oxygens (including phenoxy) is 1. The average molecular weight is 378 g/mol. The number of fused-ring (bicyclic) bond motifs is 1. The first-order valence-corrected chi connectivity index (χ1v) is 9.34. The van der Waals surface area contributed by atoms with E-state index in [1.54, 1.807) is 40.4 Å². The van der Waals surface area contributed by atoms with Crippen molar-refractivity contribution in [1.29, 1.82) is 0 Å². The molecule has 0 aliphatic carbocycles. The predicted octanol–water partition coefficient (Wildman–Crippen LogP) is 3.02. The SMILES string of the molecule is CC[C@@H](C(=O)N1CCOc2c(O)cc(-c3cccnc3)cc2C1)n1cccn1. The van der Waals surface area contributed by atoms with E-state index in [1.165, 1.54) is 0 Å². The van der Waals surface area contributed by atoms with Crippen molar-refractivity contribution in [3.63, 3.8) is 0 Å². The highest BCUT2D eigenvalue weighted by Crippen LogP contribution is 2.37. The number of nitrogens with zero attached hydrogens (tertiary/aromatic N) is 4. The minimum atomic E-state index is -0.355. The van der Waals surface area contributed by atoms with Gasteiger partial charge in [-0.3, -0.25) is 14.5 Å². The van der Waals surface area contributed by atoms with Gasteiger partial charge < -0.3 is 14.7 Å². The lowest BCUT2D eigenvalue weighted by Gasteiger charge is -2.25. The van der Waals surface area contributed by atoms with Crippen molar-refractivity contribution in [3.8, 4) is 22.6 Å². The molecule has 0 fully saturated rings. The fraction of sp³-hybridized carbons (Fsp3) is 0.286. The maximum absolute atomic E-state index is 13.2. The van der Waals surface area contributed by atoms with E-state index in [4.69, 9.17) is 4.74 Å². The Balaban J connectivity index is 1.65. The summed E-state index contributed by atoms with van der Waals surface area (Å²) in [5, 5.41) is 14.7. The summed E-state index contributed by atoms with van der Waals surface area (Å²) in [5.74, 6) is 0.508. The van der Waals surface area contributed by atoms with Crippen molar-refractivity contribution in [3.05, 3.63) is 60.7 Å². The minimum Gasteiger partial charge on any atom is -0.504 e. The maximum Gasteiger partial charge on any atom is 0.247 e. The summed E-state index contributed by atoms with van der Waals surface area (Å²) in [5.41, 5.74) is 2.51. The van der Waals surface area contributed by atoms with Gasteiger partial charge in [0.05, 0.1) is 6.54 Å². The number of amides is 1. The first-order valence-electron chi connectivity index (χ1n) is 9.34. The molecule has 0 saturated carbocycles. The molecule has 1 aliphatic heterocycles. The van der Waals surface area contributed by atoms with Gasteiger partial charge in [-0.05, 0) is 36.2 Å². The van der Waals surface area contributed by atoms with E-state index in [-0.39, 0.29) is 17.7 Å². The zero-order chi connectivity index (χ0) is 19.5. The molecule has 3 heterocycles. The standard InChI is InChI=1S/C21H22N4O3/c1-2-18(25-8-4-7-23-25)21(27)24-9-10-28-20-17(14-24)11-16(12-19(20)26)15-5-3-6-22-13-15/h3-8,11-13,18,26H,2,9-10,14H2,1H3/t18-/m0/s1. The fourth-order valence-electron chi connectivity index (χ4n) is 3.54. The highest BCUT2D eigenvalue weighted by molar-refractivity contribution is 5.80. The van der Waals surface area contributed by atoms with Crippen LogP contribution in [0.2, 0.25) is 0 Å². The molecule has 1 aromatic carbocycles. The zero-order valence-electron chi connectivity index (χ0n) is 15.7. The molecule has 4 rings (SSSR count). The quantitative estimate of drug-likeness (QED) is 0.755. The second kappa shape index (κ2) is 7.72. The summed E-state index contributed by atoms with van der Waals surface area (Å²) in [6, 6.07) is 8.86. The molecule has 0 unspecified atom stereocenters. The van der Waals surface area contributed by atoms with E-state index in [1.807, 2.05) is 31.2 Å². The highest BCUT2D eigenvalue weighted by Gasteiger charge is 2.28. The van der Waals surface area contributed by atoms with E-state index in [0.717, 1.165) is 16.7 Å². The molecule has 0 radical (unpaired) electrons. The fourth-order valence-corrected chi connectivity index (χ4v) is 3.54. The number of carbonyl (C=O) groups is 1. The van der Waals surface area contributed by atoms with Gasteiger partial charge in [-0.1, -0.05) is 13.0 Å². The van der Waals surface area contributed by atoms with Crippen LogP contribution in [0.3, 0.4) is 0 Å². The molecule has 1 aliphatic rings. The van der Waals surface area contributed by atoms with Crippen molar-refractivity contribution in [1.82, 2.24) is 19.7 Å². The smallest absolute Gasteiger partial charge is 0.247 e. The van der Waals surface area contributed by atoms with E-state index in [0.29, 0.717) is 31.9 Å². The van der Waals surface area contributed by atoms with Crippen LogP contribution in [0.5, 0.6) is 11.5 Å². The molecule has 1 atom stereocenters. The highest BCUT2D eigenvalue weighted by atomic mass is 16.5. The van der Waals surface area contributed by atoms with Gasteiger partial charge in [-0.15, -0.1) is 0 Å². The van der Waals surface area contributed by atoms with Crippen molar-refractivity contribution in [2.45, 2.75) is 25.9 Å². The molecule has 1 amide bonds. The molecule has 7 heteroatoms. The van der Waals surface area contributed by atoms with Gasteiger partial charge in [0.25, 0.3) is 0 Å². The summed E-state index contributed by atoms with van der Waals surface area (Å²) < 4.78 is 7.47. The number of hydrogen-bond donors (Lipinski definition) is 1. The lowest BCUT2D eigenvalue weighted by atomic mass is 10.0. The average Bonchev–Trinajstić information content (AvgIpc) is 3.15. The molecule has 0 bridgehead atoms. The minimum absolute atomic E-state index is 0.00563. The van der Waals surface area contributed by atoms with Crippen molar-refractivity contribution < 1.29 is 14.6 Å². The number of phenolic OH excluding ortho intramolecular Hbond substituents is 1. The monoisotopic (exact) mass is 378 g/mol. The Morgan fingerprint density at radius 1 is 1.29 bits per heavy atom. The Morgan fingerprint density at radius 2 is 2.18 bits per heavy atom. The van der Waals surface area contributed by atoms with Crippen LogP contribution in [0, 0.1) is 0 Å². The third kappa shape index (κ3) is 3.43. The first kappa shape index (κ1) is 18.0. The summed E-state index contributed by atoms with van der Waals surface area (Å²) in [4.78, 5) is 19.1. The van der Waals surface area contributed by atoms with E-state index in [9.17, 15) is 9.90 Å². The third-order valence-electron chi connectivity index (χ3n) is 4.94. The molecule has 3 aromatic rings. The molecule has 2 aromatic heterocycles. The van der Waals surface area contributed by atoms with Gasteiger partial charge in [0, 0.05) is 42.5 Å². The summed E-state index contributed by atoms with van der Waals surface area (Å²) in [7, 11) is 0. The van der Waals surface area contributed by atoms with E-state index >= 15 is 0 Å². The molecular formula is C21H22N4O3. The van der Waals surface area contributed by atoms with Gasteiger partial charge in [-0.25, -0.2) is 0 Å². The number of carbonyl (C=O) groups excluding carboxylic acids is 1. The van der Waals surface area contributed by atoms with Gasteiger partial charge in [-0.2, -0.15) is 5.10 Å². The van der Waals surface area contributed by atoms with E-state index in [2.05, 4.69) is 10.1 Å². The molecule has 7 nitrogen and oxygen atoms in total. The Morgan fingerprint density at radius 3 is 2.89 bits per heavy atom. The van der Waals surface area contributed by atoms with Crippen LogP contribution in [0.15, 0.2) is 55.1 Å². The first-order chi connectivity index (χ1) is 13.7. The van der Waals surface area contributed by atoms with Crippen LogP contribution in [-0.2, 0) is 11.3 Å². The molecule has 144 valence electrons. The van der Waals surface area contributed by atoms with E-state index < -0.39 is 0 Å². The second-order valence-corrected chi connectivity index (χ2v) is 6.74. The Bertz CT molecular complexity index is 957. The number of aromatic nitrogens is 3. The van der Waals surface area contributed by atoms with Gasteiger partial charge in [0.1, 0.15) is 12.6 Å². The maximum atomic E-state index is 13.2. The van der Waals surface area contributed by atoms with Crippen LogP contribution in [0.25, 0.3) is 11.1 Å². The second-order valence-electron chi connectivity index (χ2n) is 6.74. The van der Waals surface area contributed by atoms with Gasteiger partial charge in [0.2, 0.25) is 5.91 Å². The Labute approximate surface area is 163 Å². The van der Waals surface area contributed by atoms with Crippen LogP contribution in [-0.4, -0.2) is 43.8 Å². The third-order valence-corrected chi connectivity index (χ3v) is 4.94. The number of hydrogen-bond acceptors (Lipinski definition) is 5. The zero-order valence-corrected chi connectivity index (χ0v) is 15.7. The molecule has 0 spiro atoms. The van der Waals surface area contributed by atoms with Crippen LogP contribution < -0.4 is 4.74 Å². The Kier molecular flexibility index (Phi) is 4.97. The van der Waals surface area contributed by atoms with Gasteiger partial charge in [0.15, 0.2) is 11.5 Å².